The number of rotatable bonds is 1. The van der Waals surface area contributed by atoms with Crippen LogP contribution in [0.2, 0.25) is 0 Å². The predicted octanol–water partition coefficient (Wildman–Crippen LogP) is 2.19. The lowest BCUT2D eigenvalue weighted by Gasteiger charge is -2.16. The average molecular weight is 207 g/mol. The molecule has 0 fully saturated rings. The van der Waals surface area contributed by atoms with E-state index < -0.39 is 12.3 Å². The van der Waals surface area contributed by atoms with Gasteiger partial charge in [-0.15, -0.1) is 0 Å². The highest BCUT2D eigenvalue weighted by Gasteiger charge is 2.18. The van der Waals surface area contributed by atoms with E-state index in [0.29, 0.717) is 0 Å². The monoisotopic (exact) mass is 206 g/mol. The Hall–Kier alpha value is -0.150. The number of allylic oxidation sites excluding steroid dienone is 2. The van der Waals surface area contributed by atoms with Crippen molar-refractivity contribution in [1.29, 1.82) is 0 Å². The number of alkyl halides is 1. The summed E-state index contributed by atoms with van der Waals surface area (Å²) < 4.78 is 18.5. The molecule has 0 aromatic rings. The van der Waals surface area contributed by atoms with E-state index in [1.54, 1.807) is 12.2 Å². The van der Waals surface area contributed by atoms with Gasteiger partial charge in [-0.05, 0) is 18.2 Å². The van der Waals surface area contributed by atoms with Gasteiger partial charge in [0.2, 0.25) is 0 Å². The first-order valence-electron chi connectivity index (χ1n) is 2.96. The molecule has 0 radical (unpaired) electrons. The van der Waals surface area contributed by atoms with Gasteiger partial charge < -0.3 is 4.74 Å². The van der Waals surface area contributed by atoms with Gasteiger partial charge in [-0.3, -0.25) is 0 Å². The average Bonchev–Trinajstić information content (AvgIpc) is 1.94. The summed E-state index contributed by atoms with van der Waals surface area (Å²) in [6, 6.07) is 0. The van der Waals surface area contributed by atoms with Crippen LogP contribution in [0.1, 0.15) is 0 Å². The Bertz CT molecular complexity index is 176. The molecule has 56 valence electrons. The van der Waals surface area contributed by atoms with Crippen LogP contribution >= 0.6 is 15.9 Å². The lowest BCUT2D eigenvalue weighted by molar-refractivity contribution is 0.0856. The molecule has 0 amide bonds. The minimum atomic E-state index is -1.01. The molecule has 0 aliphatic heterocycles. The maximum atomic E-state index is 12.7. The fourth-order valence-electron chi connectivity index (χ4n) is 0.796. The van der Waals surface area contributed by atoms with Crippen molar-refractivity contribution in [1.82, 2.24) is 0 Å². The topological polar surface area (TPSA) is 9.23 Å². The Morgan fingerprint density at radius 2 is 2.40 bits per heavy atom. The minimum Gasteiger partial charge on any atom is -0.374 e. The molecule has 0 N–H and O–H groups in total. The number of methoxy groups -OCH3 is 1. The molecule has 1 rings (SSSR count). The van der Waals surface area contributed by atoms with Crippen molar-refractivity contribution in [3.8, 4) is 0 Å². The van der Waals surface area contributed by atoms with Crippen LogP contribution in [0.3, 0.4) is 0 Å². The van der Waals surface area contributed by atoms with Crippen molar-refractivity contribution < 1.29 is 9.13 Å². The Balaban J connectivity index is 2.67. The van der Waals surface area contributed by atoms with E-state index in [9.17, 15) is 4.39 Å². The van der Waals surface area contributed by atoms with E-state index in [0.717, 1.165) is 4.48 Å². The summed E-state index contributed by atoms with van der Waals surface area (Å²) in [6.45, 7) is 0. The number of hydrogen-bond donors (Lipinski definition) is 0. The summed E-state index contributed by atoms with van der Waals surface area (Å²) in [5, 5.41) is 0. The fraction of sp³-hybridized carbons (Fsp3) is 0.429. The van der Waals surface area contributed by atoms with Crippen LogP contribution in [0.25, 0.3) is 0 Å². The molecule has 0 saturated heterocycles. The maximum absolute atomic E-state index is 12.7. The van der Waals surface area contributed by atoms with Crippen LogP contribution in [-0.4, -0.2) is 19.4 Å². The van der Waals surface area contributed by atoms with Gasteiger partial charge in [0.05, 0.1) is 0 Å². The standard InChI is InChI=1S/C7H8BrFO/c1-10-7-4-5(8)2-3-6(7)9/h2-4,6-7H,1H3. The molecule has 0 saturated carbocycles. The van der Waals surface area contributed by atoms with Crippen LogP contribution in [-0.2, 0) is 4.74 Å². The predicted molar refractivity (Wildman–Crippen MR) is 41.8 cm³/mol. The third kappa shape index (κ3) is 1.67. The SMILES string of the molecule is COC1C=C(Br)C=CC1F. The van der Waals surface area contributed by atoms with Gasteiger partial charge in [-0.1, -0.05) is 15.9 Å². The number of ether oxygens (including phenoxy) is 1. The van der Waals surface area contributed by atoms with Gasteiger partial charge >= 0.3 is 0 Å². The van der Waals surface area contributed by atoms with Crippen LogP contribution in [0.5, 0.6) is 0 Å². The molecule has 0 bridgehead atoms. The first kappa shape index (κ1) is 7.95. The summed E-state index contributed by atoms with van der Waals surface area (Å²) in [4.78, 5) is 0. The molecule has 0 spiro atoms. The smallest absolute Gasteiger partial charge is 0.148 e. The van der Waals surface area contributed by atoms with Crippen molar-refractivity contribution in [3.05, 3.63) is 22.7 Å². The number of hydrogen-bond acceptors (Lipinski definition) is 1. The molecule has 0 heterocycles. The zero-order valence-corrected chi connectivity index (χ0v) is 7.14. The zero-order chi connectivity index (χ0) is 7.56. The second kappa shape index (κ2) is 3.30. The van der Waals surface area contributed by atoms with Crippen molar-refractivity contribution in [2.45, 2.75) is 12.3 Å². The molecule has 1 aliphatic carbocycles. The van der Waals surface area contributed by atoms with Crippen LogP contribution in [0.4, 0.5) is 4.39 Å². The van der Waals surface area contributed by atoms with Crippen LogP contribution < -0.4 is 0 Å². The number of halogens is 2. The lowest BCUT2D eigenvalue weighted by Crippen LogP contribution is -2.21. The molecule has 3 heteroatoms. The summed E-state index contributed by atoms with van der Waals surface area (Å²) >= 11 is 3.22. The van der Waals surface area contributed by atoms with E-state index in [4.69, 9.17) is 4.74 Å². The third-order valence-electron chi connectivity index (χ3n) is 1.35. The van der Waals surface area contributed by atoms with Gasteiger partial charge in [0.15, 0.2) is 0 Å². The molecular formula is C7H8BrFO. The Morgan fingerprint density at radius 3 is 2.90 bits per heavy atom. The van der Waals surface area contributed by atoms with E-state index >= 15 is 0 Å². The molecule has 0 aromatic heterocycles. The normalized spacial score (nSPS) is 32.1. The second-order valence-electron chi connectivity index (χ2n) is 2.06. The molecular weight excluding hydrogens is 199 g/mol. The largest absolute Gasteiger partial charge is 0.374 e. The highest BCUT2D eigenvalue weighted by Crippen LogP contribution is 2.19. The third-order valence-corrected chi connectivity index (χ3v) is 1.88. The fourth-order valence-corrected chi connectivity index (χ4v) is 1.21. The quantitative estimate of drug-likeness (QED) is 0.640. The van der Waals surface area contributed by atoms with Crippen molar-refractivity contribution in [3.63, 3.8) is 0 Å². The van der Waals surface area contributed by atoms with E-state index in [1.807, 2.05) is 0 Å². The van der Waals surface area contributed by atoms with Crippen LogP contribution in [0.15, 0.2) is 22.7 Å². The Kier molecular flexibility index (Phi) is 2.63. The molecule has 1 nitrogen and oxygen atoms in total. The van der Waals surface area contributed by atoms with Crippen molar-refractivity contribution >= 4 is 15.9 Å². The lowest BCUT2D eigenvalue weighted by atomic mass is 10.1. The molecule has 2 atom stereocenters. The maximum Gasteiger partial charge on any atom is 0.148 e. The molecule has 0 aromatic carbocycles. The summed E-state index contributed by atoms with van der Waals surface area (Å²) in [5.74, 6) is 0. The molecule has 10 heavy (non-hydrogen) atoms. The highest BCUT2D eigenvalue weighted by atomic mass is 79.9. The first-order chi connectivity index (χ1) is 4.74. The van der Waals surface area contributed by atoms with Crippen molar-refractivity contribution in [2.75, 3.05) is 7.11 Å². The Labute approximate surface area is 67.7 Å². The first-order valence-corrected chi connectivity index (χ1v) is 3.75. The van der Waals surface area contributed by atoms with E-state index in [-0.39, 0.29) is 0 Å². The second-order valence-corrected chi connectivity index (χ2v) is 2.97. The zero-order valence-electron chi connectivity index (χ0n) is 5.55. The van der Waals surface area contributed by atoms with Gasteiger partial charge in [0.25, 0.3) is 0 Å². The van der Waals surface area contributed by atoms with E-state index in [1.165, 1.54) is 13.2 Å². The highest BCUT2D eigenvalue weighted by molar-refractivity contribution is 9.11. The van der Waals surface area contributed by atoms with Gasteiger partial charge in [0.1, 0.15) is 12.3 Å². The molecule has 2 unspecified atom stereocenters. The summed E-state index contributed by atoms with van der Waals surface area (Å²) in [5.41, 5.74) is 0. The van der Waals surface area contributed by atoms with Gasteiger partial charge in [-0.2, -0.15) is 0 Å². The summed E-state index contributed by atoms with van der Waals surface area (Å²) in [7, 11) is 1.49. The van der Waals surface area contributed by atoms with E-state index in [2.05, 4.69) is 15.9 Å². The Morgan fingerprint density at radius 1 is 1.70 bits per heavy atom. The van der Waals surface area contributed by atoms with Gasteiger partial charge in [0, 0.05) is 11.6 Å². The van der Waals surface area contributed by atoms with Crippen molar-refractivity contribution in [2.24, 2.45) is 0 Å². The molecule has 1 aliphatic rings. The van der Waals surface area contributed by atoms with Crippen LogP contribution in [0, 0.1) is 0 Å². The minimum absolute atomic E-state index is 0.431. The summed E-state index contributed by atoms with van der Waals surface area (Å²) in [6.07, 6.45) is 3.41. The van der Waals surface area contributed by atoms with Gasteiger partial charge in [-0.25, -0.2) is 4.39 Å².